The van der Waals surface area contributed by atoms with Crippen molar-refractivity contribution in [2.45, 2.75) is 17.9 Å². The number of hydrogen-bond acceptors (Lipinski definition) is 9. The van der Waals surface area contributed by atoms with E-state index in [1.807, 2.05) is 40.6 Å². The number of rotatable bonds is 7. The molecular weight excluding hydrogens is 532 g/mol. The molecule has 158 valence electrons. The number of hydrogen-bond donors (Lipinski definition) is 0. The molecular formula is C18H14BrN2O5S4-. The van der Waals surface area contributed by atoms with Gasteiger partial charge in [0.05, 0.1) is 26.9 Å². The largest absolute Gasteiger partial charge is 0.748 e. The van der Waals surface area contributed by atoms with Gasteiger partial charge in [-0.15, -0.1) is 0 Å². The number of carbonyl (C=O) groups excluding carboxylic acids is 1. The first-order chi connectivity index (χ1) is 14.2. The van der Waals surface area contributed by atoms with Crippen molar-refractivity contribution < 1.29 is 27.4 Å². The second-order valence-corrected chi connectivity index (χ2v) is 11.9. The normalized spacial score (nSPS) is 15.3. The van der Waals surface area contributed by atoms with Crippen LogP contribution < -0.4 is 14.6 Å². The van der Waals surface area contributed by atoms with Crippen molar-refractivity contribution in [2.24, 2.45) is 0 Å². The van der Waals surface area contributed by atoms with Gasteiger partial charge in [-0.05, 0) is 36.1 Å². The zero-order chi connectivity index (χ0) is 21.5. The van der Waals surface area contributed by atoms with Crippen molar-refractivity contribution >= 4 is 87.7 Å². The molecule has 7 nitrogen and oxygen atoms in total. The van der Waals surface area contributed by atoms with Crippen molar-refractivity contribution in [2.75, 3.05) is 17.2 Å². The van der Waals surface area contributed by atoms with Crippen molar-refractivity contribution in [3.8, 4) is 0 Å². The molecule has 0 amide bonds. The van der Waals surface area contributed by atoms with Gasteiger partial charge in [0.1, 0.15) is 10.7 Å². The number of carboxylic acid groups (broad SMARTS) is 1. The Hall–Kier alpha value is -1.44. The lowest BCUT2D eigenvalue weighted by atomic mass is 10.3. The molecule has 3 heterocycles. The van der Waals surface area contributed by atoms with Gasteiger partial charge in [-0.3, -0.25) is 0 Å². The summed E-state index contributed by atoms with van der Waals surface area (Å²) in [5, 5.41) is 14.8. The second-order valence-electron chi connectivity index (χ2n) is 6.45. The average Bonchev–Trinajstić information content (AvgIpc) is 3.30. The van der Waals surface area contributed by atoms with Gasteiger partial charge >= 0.3 is 0 Å². The highest BCUT2D eigenvalue weighted by atomic mass is 79.9. The summed E-state index contributed by atoms with van der Waals surface area (Å²) < 4.78 is 36.7. The highest BCUT2D eigenvalue weighted by molar-refractivity contribution is 9.10. The van der Waals surface area contributed by atoms with E-state index < -0.39 is 21.8 Å². The summed E-state index contributed by atoms with van der Waals surface area (Å²) in [7, 11) is -4.29. The molecule has 0 saturated carbocycles. The first-order valence-electron chi connectivity index (χ1n) is 8.71. The second kappa shape index (κ2) is 8.60. The number of thiazole rings is 1. The van der Waals surface area contributed by atoms with Crippen LogP contribution in [0.3, 0.4) is 0 Å². The molecule has 0 saturated heterocycles. The molecule has 0 N–H and O–H groups in total. The Bertz CT molecular complexity index is 1260. The number of fused-ring (bicyclic) bond motifs is 2. The molecule has 12 heteroatoms. The van der Waals surface area contributed by atoms with Crippen LogP contribution >= 0.6 is 50.4 Å². The SMILES string of the molecule is O=C([O-])C[n+]1c(C=C2Sc3ccc(Br)cc3N2CCCS(=O)(=O)[O-])sc2ccsc21. The van der Waals surface area contributed by atoms with Gasteiger partial charge in [0.15, 0.2) is 6.54 Å². The molecule has 3 aromatic rings. The molecule has 0 spiro atoms. The van der Waals surface area contributed by atoms with Crippen LogP contribution in [0.4, 0.5) is 5.69 Å². The Kier molecular flexibility index (Phi) is 6.24. The van der Waals surface area contributed by atoms with E-state index in [1.165, 1.54) is 34.4 Å². The topological polar surface area (TPSA) is 104 Å². The fourth-order valence-electron chi connectivity index (χ4n) is 3.14. The Labute approximate surface area is 193 Å². The van der Waals surface area contributed by atoms with Gasteiger partial charge in [-0.1, -0.05) is 50.4 Å². The number of carbonyl (C=O) groups is 1. The van der Waals surface area contributed by atoms with Crippen molar-refractivity contribution in [3.63, 3.8) is 0 Å². The van der Waals surface area contributed by atoms with Crippen LogP contribution in [0.2, 0.25) is 0 Å². The third-order valence-corrected chi connectivity index (χ3v) is 8.89. The molecule has 0 fully saturated rings. The zero-order valence-electron chi connectivity index (χ0n) is 15.2. The first kappa shape index (κ1) is 21.8. The van der Waals surface area contributed by atoms with E-state index in [0.29, 0.717) is 6.54 Å². The predicted molar refractivity (Wildman–Crippen MR) is 119 cm³/mol. The molecule has 0 aliphatic carbocycles. The summed E-state index contributed by atoms with van der Waals surface area (Å²) >= 11 is 7.93. The molecule has 0 bridgehead atoms. The Morgan fingerprint density at radius 3 is 2.83 bits per heavy atom. The summed E-state index contributed by atoms with van der Waals surface area (Å²) in [6.07, 6.45) is 2.10. The first-order valence-corrected chi connectivity index (χ1v) is 13.6. The lowest BCUT2D eigenvalue weighted by Gasteiger charge is -2.20. The minimum absolute atomic E-state index is 0.189. The van der Waals surface area contributed by atoms with E-state index in [0.717, 1.165) is 34.6 Å². The number of thioether (sulfide) groups is 1. The number of aromatic nitrogens is 1. The summed E-state index contributed by atoms with van der Waals surface area (Å²) in [6.45, 7) is 0.0984. The maximum atomic E-state index is 11.3. The van der Waals surface area contributed by atoms with Gasteiger partial charge in [-0.25, -0.2) is 8.42 Å². The lowest BCUT2D eigenvalue weighted by Crippen LogP contribution is -2.44. The van der Waals surface area contributed by atoms with Crippen molar-refractivity contribution in [3.05, 3.63) is 44.2 Å². The molecule has 1 aromatic carbocycles. The van der Waals surface area contributed by atoms with Crippen molar-refractivity contribution in [1.82, 2.24) is 0 Å². The monoisotopic (exact) mass is 545 g/mol. The summed E-state index contributed by atoms with van der Waals surface area (Å²) in [4.78, 5) is 15.1. The fraction of sp³-hybridized carbons (Fsp3) is 0.222. The van der Waals surface area contributed by atoms with E-state index in [4.69, 9.17) is 0 Å². The average molecular weight is 546 g/mol. The van der Waals surface area contributed by atoms with E-state index in [2.05, 4.69) is 15.9 Å². The predicted octanol–water partition coefficient (Wildman–Crippen LogP) is 2.61. The van der Waals surface area contributed by atoms with E-state index in [-0.39, 0.29) is 13.0 Å². The van der Waals surface area contributed by atoms with Crippen molar-refractivity contribution in [1.29, 1.82) is 0 Å². The van der Waals surface area contributed by atoms with Crippen LogP contribution in [0.15, 0.2) is 44.0 Å². The molecule has 30 heavy (non-hydrogen) atoms. The maximum absolute atomic E-state index is 11.3. The van der Waals surface area contributed by atoms with Crippen LogP contribution in [0.1, 0.15) is 11.4 Å². The van der Waals surface area contributed by atoms with Gasteiger partial charge in [0.25, 0.3) is 9.84 Å². The number of nitrogens with zero attached hydrogens (tertiary/aromatic N) is 2. The Morgan fingerprint density at radius 2 is 2.10 bits per heavy atom. The number of thiophene rings is 1. The summed E-state index contributed by atoms with van der Waals surface area (Å²) in [6, 6.07) is 7.77. The molecule has 1 aliphatic heterocycles. The van der Waals surface area contributed by atoms with Gasteiger partial charge < -0.3 is 19.4 Å². The minimum Gasteiger partial charge on any atom is -0.748 e. The number of aliphatic carboxylic acids is 1. The summed E-state index contributed by atoms with van der Waals surface area (Å²) in [5.74, 6) is -1.61. The van der Waals surface area contributed by atoms with Gasteiger partial charge in [-0.2, -0.15) is 4.57 Å². The zero-order valence-corrected chi connectivity index (χ0v) is 20.1. The molecule has 0 unspecified atom stereocenters. The quantitative estimate of drug-likeness (QED) is 0.332. The third kappa shape index (κ3) is 4.73. The summed E-state index contributed by atoms with van der Waals surface area (Å²) in [5.41, 5.74) is 0.911. The lowest BCUT2D eigenvalue weighted by molar-refractivity contribution is -0.661. The fourth-order valence-corrected chi connectivity index (χ4v) is 7.36. The van der Waals surface area contributed by atoms with Crippen LogP contribution in [0.25, 0.3) is 15.6 Å². The molecule has 4 rings (SSSR count). The minimum atomic E-state index is -4.29. The van der Waals surface area contributed by atoms with E-state index in [9.17, 15) is 22.9 Å². The molecule has 0 radical (unpaired) electrons. The maximum Gasteiger partial charge on any atom is 0.280 e. The van der Waals surface area contributed by atoms with Gasteiger partial charge in [0.2, 0.25) is 0 Å². The molecule has 1 aliphatic rings. The molecule has 2 aromatic heterocycles. The van der Waals surface area contributed by atoms with Crippen LogP contribution in [-0.2, 0) is 21.5 Å². The van der Waals surface area contributed by atoms with E-state index >= 15 is 0 Å². The third-order valence-electron chi connectivity index (χ3n) is 4.34. The number of halogens is 1. The molecule has 0 atom stereocenters. The van der Waals surface area contributed by atoms with Crippen LogP contribution in [-0.4, -0.2) is 31.2 Å². The number of anilines is 1. The van der Waals surface area contributed by atoms with Crippen LogP contribution in [0, 0.1) is 0 Å². The highest BCUT2D eigenvalue weighted by Crippen LogP contribution is 2.48. The smallest absolute Gasteiger partial charge is 0.280 e. The van der Waals surface area contributed by atoms with Gasteiger partial charge in [0, 0.05) is 21.7 Å². The Balaban J connectivity index is 1.73. The Morgan fingerprint density at radius 1 is 1.30 bits per heavy atom. The number of benzene rings is 1. The standard InChI is InChI=1S/C18H15BrN2O5S4/c19-11-2-3-13-12(8-11)20(5-1-7-30(24,25)26)15(28-13)9-16-21(10-17(22)23)18-14(29-16)4-6-27-18/h2-4,6,8-9H,1,5,7,10H2,(H-,22,23,24,25,26)/p-1. The van der Waals surface area contributed by atoms with E-state index in [1.54, 1.807) is 4.57 Å². The number of carboxylic acids is 1. The van der Waals surface area contributed by atoms with Crippen LogP contribution in [0.5, 0.6) is 0 Å². The highest BCUT2D eigenvalue weighted by Gasteiger charge is 2.28.